The molecule has 0 aliphatic carbocycles. The van der Waals surface area contributed by atoms with E-state index in [1.54, 1.807) is 23.0 Å². The Kier molecular flexibility index (Phi) is 5.42. The average molecular weight is 394 g/mol. The predicted octanol–water partition coefficient (Wildman–Crippen LogP) is 1.64. The summed E-state index contributed by atoms with van der Waals surface area (Å²) in [7, 11) is -4.17. The number of rotatable bonds is 7. The number of imidazole rings is 1. The van der Waals surface area contributed by atoms with Crippen molar-refractivity contribution in [1.82, 2.24) is 24.2 Å². The van der Waals surface area contributed by atoms with E-state index in [1.165, 1.54) is 6.33 Å². The van der Waals surface area contributed by atoms with Gasteiger partial charge in [-0.25, -0.2) is 36.9 Å². The highest BCUT2D eigenvalue weighted by Crippen LogP contribution is 2.15. The van der Waals surface area contributed by atoms with Crippen molar-refractivity contribution < 1.29 is 17.2 Å². The molecule has 2 N–H and O–H groups in total. The quantitative estimate of drug-likeness (QED) is 0.591. The molecule has 27 heavy (non-hydrogen) atoms. The third-order valence-corrected chi connectivity index (χ3v) is 5.11. The fourth-order valence-corrected chi connectivity index (χ4v) is 3.45. The Balaban J connectivity index is 1.61. The summed E-state index contributed by atoms with van der Waals surface area (Å²) in [5, 5.41) is 2.94. The van der Waals surface area contributed by atoms with Gasteiger partial charge in [0.2, 0.25) is 10.0 Å². The van der Waals surface area contributed by atoms with Crippen molar-refractivity contribution in [3.63, 3.8) is 0 Å². The molecule has 3 rings (SSSR count). The molecule has 142 valence electrons. The molecule has 8 nitrogen and oxygen atoms in total. The van der Waals surface area contributed by atoms with Crippen LogP contribution in [0.5, 0.6) is 0 Å². The van der Waals surface area contributed by atoms with Crippen molar-refractivity contribution in [1.29, 1.82) is 0 Å². The zero-order chi connectivity index (χ0) is 19.4. The summed E-state index contributed by atoms with van der Waals surface area (Å²) in [6.45, 7) is 1.95. The second kappa shape index (κ2) is 7.76. The minimum Gasteiger partial charge on any atom is -0.369 e. The molecule has 11 heteroatoms. The first-order chi connectivity index (χ1) is 12.9. The molecule has 3 aromatic rings. The third kappa shape index (κ3) is 4.44. The standard InChI is InChI=1S/C16H16F2N6O2S/c1-11-19-6-7-24(11)16-9-15(21-10-22-16)20-4-5-23-27(25,26)14-8-12(17)2-3-13(14)18/h2-3,6-10,23H,4-5H2,1H3,(H,20,21,22). The van der Waals surface area contributed by atoms with Gasteiger partial charge >= 0.3 is 0 Å². The molecule has 0 fully saturated rings. The number of benzene rings is 1. The highest BCUT2D eigenvalue weighted by atomic mass is 32.2. The van der Waals surface area contributed by atoms with Gasteiger partial charge in [-0.3, -0.25) is 4.57 Å². The molecular formula is C16H16F2N6O2S. The molecule has 2 aromatic heterocycles. The molecule has 1 aromatic carbocycles. The van der Waals surface area contributed by atoms with E-state index in [4.69, 9.17) is 0 Å². The summed E-state index contributed by atoms with van der Waals surface area (Å²) in [5.74, 6) is -0.0232. The van der Waals surface area contributed by atoms with Crippen LogP contribution in [0.1, 0.15) is 5.82 Å². The lowest BCUT2D eigenvalue weighted by atomic mass is 10.3. The summed E-state index contributed by atoms with van der Waals surface area (Å²) in [4.78, 5) is 11.6. The van der Waals surface area contributed by atoms with E-state index in [1.807, 2.05) is 6.92 Å². The fourth-order valence-electron chi connectivity index (χ4n) is 2.33. The van der Waals surface area contributed by atoms with Gasteiger partial charge in [0, 0.05) is 31.5 Å². The highest BCUT2D eigenvalue weighted by Gasteiger charge is 2.19. The first-order valence-electron chi connectivity index (χ1n) is 7.88. The van der Waals surface area contributed by atoms with Gasteiger partial charge in [-0.2, -0.15) is 0 Å². The van der Waals surface area contributed by atoms with Gasteiger partial charge < -0.3 is 5.32 Å². The average Bonchev–Trinajstić information content (AvgIpc) is 3.07. The second-order valence-corrected chi connectivity index (χ2v) is 7.24. The first-order valence-corrected chi connectivity index (χ1v) is 9.36. The number of nitrogens with zero attached hydrogens (tertiary/aromatic N) is 4. The molecule has 0 amide bonds. The van der Waals surface area contributed by atoms with Crippen molar-refractivity contribution in [2.24, 2.45) is 0 Å². The van der Waals surface area contributed by atoms with Gasteiger partial charge in [0.15, 0.2) is 0 Å². The van der Waals surface area contributed by atoms with Crippen LogP contribution in [0.4, 0.5) is 14.6 Å². The van der Waals surface area contributed by atoms with E-state index in [0.717, 1.165) is 18.0 Å². The van der Waals surface area contributed by atoms with E-state index in [2.05, 4.69) is 25.0 Å². The molecule has 0 spiro atoms. The Bertz CT molecular complexity index is 1050. The zero-order valence-corrected chi connectivity index (χ0v) is 15.0. The summed E-state index contributed by atoms with van der Waals surface area (Å²) < 4.78 is 54.9. The number of hydrogen-bond acceptors (Lipinski definition) is 6. The lowest BCUT2D eigenvalue weighted by molar-refractivity contribution is 0.546. The molecule has 0 saturated carbocycles. The van der Waals surface area contributed by atoms with E-state index >= 15 is 0 Å². The molecule has 0 radical (unpaired) electrons. The van der Waals surface area contributed by atoms with Crippen LogP contribution >= 0.6 is 0 Å². The number of aryl methyl sites for hydroxylation is 1. The Hall–Kier alpha value is -2.92. The maximum absolute atomic E-state index is 13.6. The number of anilines is 1. The van der Waals surface area contributed by atoms with Crippen LogP contribution in [-0.4, -0.2) is 41.0 Å². The first kappa shape index (κ1) is 18.9. The Morgan fingerprint density at radius 2 is 1.93 bits per heavy atom. The molecule has 0 atom stereocenters. The van der Waals surface area contributed by atoms with Gasteiger partial charge in [0.1, 0.15) is 40.3 Å². The fraction of sp³-hybridized carbons (Fsp3) is 0.188. The van der Waals surface area contributed by atoms with Crippen LogP contribution < -0.4 is 10.0 Å². The van der Waals surface area contributed by atoms with Gasteiger partial charge in [-0.05, 0) is 25.1 Å². The molecular weight excluding hydrogens is 378 g/mol. The Morgan fingerprint density at radius 3 is 2.67 bits per heavy atom. The summed E-state index contributed by atoms with van der Waals surface area (Å²) in [6.07, 6.45) is 4.76. The van der Waals surface area contributed by atoms with E-state index in [9.17, 15) is 17.2 Å². The molecule has 0 bridgehead atoms. The van der Waals surface area contributed by atoms with Crippen LogP contribution in [0.15, 0.2) is 47.9 Å². The van der Waals surface area contributed by atoms with E-state index in [0.29, 0.717) is 17.7 Å². The van der Waals surface area contributed by atoms with Crippen molar-refractivity contribution in [2.45, 2.75) is 11.8 Å². The normalized spacial score (nSPS) is 11.5. The topological polar surface area (TPSA) is 102 Å². The van der Waals surface area contributed by atoms with Crippen LogP contribution in [-0.2, 0) is 10.0 Å². The van der Waals surface area contributed by atoms with Crippen molar-refractivity contribution in [3.05, 3.63) is 60.4 Å². The number of hydrogen-bond donors (Lipinski definition) is 2. The van der Waals surface area contributed by atoms with E-state index < -0.39 is 26.6 Å². The van der Waals surface area contributed by atoms with Crippen LogP contribution in [0.25, 0.3) is 5.82 Å². The van der Waals surface area contributed by atoms with Gasteiger partial charge in [0.05, 0.1) is 0 Å². The minimum atomic E-state index is -4.17. The van der Waals surface area contributed by atoms with Crippen LogP contribution in [0.3, 0.4) is 0 Å². The third-order valence-electron chi connectivity index (χ3n) is 3.63. The van der Waals surface area contributed by atoms with Crippen LogP contribution in [0.2, 0.25) is 0 Å². The van der Waals surface area contributed by atoms with Gasteiger partial charge in [-0.1, -0.05) is 0 Å². The highest BCUT2D eigenvalue weighted by molar-refractivity contribution is 7.89. The zero-order valence-electron chi connectivity index (χ0n) is 14.2. The maximum Gasteiger partial charge on any atom is 0.243 e. The second-order valence-electron chi connectivity index (χ2n) is 5.51. The molecule has 0 aliphatic rings. The van der Waals surface area contributed by atoms with Crippen molar-refractivity contribution >= 4 is 15.8 Å². The largest absolute Gasteiger partial charge is 0.369 e. The smallest absolute Gasteiger partial charge is 0.243 e. The molecule has 0 aliphatic heterocycles. The van der Waals surface area contributed by atoms with Crippen LogP contribution in [0, 0.1) is 18.6 Å². The summed E-state index contributed by atoms with van der Waals surface area (Å²) in [5.41, 5.74) is 0. The monoisotopic (exact) mass is 394 g/mol. The summed E-state index contributed by atoms with van der Waals surface area (Å²) in [6, 6.07) is 3.93. The van der Waals surface area contributed by atoms with Gasteiger partial charge in [-0.15, -0.1) is 0 Å². The van der Waals surface area contributed by atoms with Crippen molar-refractivity contribution in [3.8, 4) is 5.82 Å². The SMILES string of the molecule is Cc1nccn1-c1cc(NCCNS(=O)(=O)c2cc(F)ccc2F)ncn1. The Morgan fingerprint density at radius 1 is 1.11 bits per heavy atom. The molecule has 0 saturated heterocycles. The number of halogens is 2. The molecule has 0 unspecified atom stereocenters. The lowest BCUT2D eigenvalue weighted by Crippen LogP contribution is -2.29. The number of sulfonamides is 1. The molecule has 2 heterocycles. The minimum absolute atomic E-state index is 0.0538. The van der Waals surface area contributed by atoms with E-state index in [-0.39, 0.29) is 13.1 Å². The predicted molar refractivity (Wildman–Crippen MR) is 93.9 cm³/mol. The Labute approximate surface area is 154 Å². The van der Waals surface area contributed by atoms with Crippen molar-refractivity contribution in [2.75, 3.05) is 18.4 Å². The number of nitrogens with one attached hydrogen (secondary N) is 2. The number of aromatic nitrogens is 4. The summed E-state index contributed by atoms with van der Waals surface area (Å²) >= 11 is 0. The lowest BCUT2D eigenvalue weighted by Gasteiger charge is -2.10. The van der Waals surface area contributed by atoms with Gasteiger partial charge in [0.25, 0.3) is 0 Å². The maximum atomic E-state index is 13.6.